The monoisotopic (exact) mass is 276 g/mol. The second-order valence-corrected chi connectivity index (χ2v) is 2.91. The minimum atomic E-state index is 1.35. The molecule has 0 unspecified atom stereocenters. The fourth-order valence-corrected chi connectivity index (χ4v) is 1.70. The highest BCUT2D eigenvalue weighted by atomic mass is 127. The molecule has 0 saturated carbocycles. The van der Waals surface area contributed by atoms with Crippen molar-refractivity contribution in [1.29, 1.82) is 0 Å². The van der Waals surface area contributed by atoms with Crippen LogP contribution in [0, 0.1) is 0 Å². The van der Waals surface area contributed by atoms with Gasteiger partial charge in [-0.3, -0.25) is 0 Å². The summed E-state index contributed by atoms with van der Waals surface area (Å²) in [5, 5.41) is 3.47. The summed E-state index contributed by atoms with van der Waals surface area (Å²) in [5.41, 5.74) is 0. The van der Waals surface area contributed by atoms with Crippen LogP contribution in [0.4, 0.5) is 0 Å². The van der Waals surface area contributed by atoms with Crippen LogP contribution < -0.4 is 0 Å². The van der Waals surface area contributed by atoms with Crippen LogP contribution in [-0.2, 0) is 0 Å². The van der Waals surface area contributed by atoms with Crippen molar-refractivity contribution in [2.24, 2.45) is 0 Å². The summed E-state index contributed by atoms with van der Waals surface area (Å²) < 4.78 is 1.37. The van der Waals surface area contributed by atoms with Gasteiger partial charge in [0, 0.05) is 4.70 Å². The van der Waals surface area contributed by atoms with E-state index in [9.17, 15) is 0 Å². The molecule has 1 aromatic heterocycles. The molecule has 0 amide bonds. The molecule has 1 heterocycles. The first-order chi connectivity index (χ1) is 5.47. The molecule has 2 aromatic rings. The third-order valence-corrected chi connectivity index (χ3v) is 2.26. The van der Waals surface area contributed by atoms with Crippen LogP contribution in [0.3, 0.4) is 0 Å². The maximum atomic E-state index is 2.15. The number of rotatable bonds is 0. The SMILES string of the molecule is CI.c1ccc2sccc2c1. The highest BCUT2D eigenvalue weighted by Crippen LogP contribution is 2.18. The van der Waals surface area contributed by atoms with E-state index in [-0.39, 0.29) is 0 Å². The molecule has 2 rings (SSSR count). The topological polar surface area (TPSA) is 0 Å². The second-order valence-electron chi connectivity index (χ2n) is 1.96. The fourth-order valence-electron chi connectivity index (χ4n) is 0.906. The van der Waals surface area contributed by atoms with Crippen molar-refractivity contribution in [3.05, 3.63) is 35.7 Å². The Morgan fingerprint density at radius 3 is 2.55 bits per heavy atom. The molecule has 0 nitrogen and oxygen atoms in total. The van der Waals surface area contributed by atoms with Crippen molar-refractivity contribution in [1.82, 2.24) is 0 Å². The molecule has 0 aliphatic heterocycles. The first-order valence-electron chi connectivity index (χ1n) is 3.27. The molecule has 0 bridgehead atoms. The summed E-state index contributed by atoms with van der Waals surface area (Å²) in [4.78, 5) is 1.97. The maximum Gasteiger partial charge on any atom is 0.0342 e. The zero-order valence-corrected chi connectivity index (χ0v) is 9.22. The number of fused-ring (bicyclic) bond motifs is 1. The molecule has 0 aliphatic carbocycles. The molecule has 0 spiro atoms. The predicted octanol–water partition coefficient (Wildman–Crippen LogP) is 3.95. The van der Waals surface area contributed by atoms with Gasteiger partial charge in [-0.2, -0.15) is 0 Å². The first kappa shape index (κ1) is 9.00. The van der Waals surface area contributed by atoms with Gasteiger partial charge in [-0.05, 0) is 27.8 Å². The van der Waals surface area contributed by atoms with Crippen LogP contribution in [0.5, 0.6) is 0 Å². The summed E-state index contributed by atoms with van der Waals surface area (Å²) >= 11 is 3.94. The third kappa shape index (κ3) is 2.17. The highest BCUT2D eigenvalue weighted by molar-refractivity contribution is 14.1. The smallest absolute Gasteiger partial charge is 0.0342 e. The molecule has 0 N–H and O–H groups in total. The van der Waals surface area contributed by atoms with Gasteiger partial charge < -0.3 is 0 Å². The van der Waals surface area contributed by atoms with Crippen LogP contribution in [0.1, 0.15) is 0 Å². The van der Waals surface area contributed by atoms with Crippen LogP contribution in [-0.4, -0.2) is 4.93 Å². The fraction of sp³-hybridized carbons (Fsp3) is 0.111. The zero-order valence-electron chi connectivity index (χ0n) is 6.25. The van der Waals surface area contributed by atoms with E-state index in [0.717, 1.165) is 0 Å². The minimum Gasteiger partial charge on any atom is -0.144 e. The molecule has 1 aromatic carbocycles. The molecule has 58 valence electrons. The number of alkyl halides is 1. The normalized spacial score (nSPS) is 8.91. The Labute approximate surface area is 84.4 Å². The van der Waals surface area contributed by atoms with E-state index >= 15 is 0 Å². The van der Waals surface area contributed by atoms with Crippen LogP contribution in [0.25, 0.3) is 10.1 Å². The zero-order chi connectivity index (χ0) is 8.10. The Kier molecular flexibility index (Phi) is 3.86. The molecule has 11 heavy (non-hydrogen) atoms. The number of thiophene rings is 1. The lowest BCUT2D eigenvalue weighted by Gasteiger charge is -1.82. The van der Waals surface area contributed by atoms with Gasteiger partial charge in [0.15, 0.2) is 0 Å². The van der Waals surface area contributed by atoms with Gasteiger partial charge in [0.1, 0.15) is 0 Å². The number of hydrogen-bond acceptors (Lipinski definition) is 1. The lowest BCUT2D eigenvalue weighted by Crippen LogP contribution is -1.56. The minimum absolute atomic E-state index is 1.35. The summed E-state index contributed by atoms with van der Waals surface area (Å²) in [5.74, 6) is 0. The van der Waals surface area contributed by atoms with Crippen molar-refractivity contribution >= 4 is 44.0 Å². The van der Waals surface area contributed by atoms with E-state index in [1.807, 2.05) is 4.93 Å². The van der Waals surface area contributed by atoms with Crippen molar-refractivity contribution in [2.45, 2.75) is 0 Å². The summed E-state index contributed by atoms with van der Waals surface area (Å²) in [6.45, 7) is 0. The van der Waals surface area contributed by atoms with Gasteiger partial charge in [-0.25, -0.2) is 0 Å². The molecule has 0 fully saturated rings. The number of benzene rings is 1. The molecule has 0 aliphatic rings. The largest absolute Gasteiger partial charge is 0.144 e. The Balaban J connectivity index is 0.000000281. The van der Waals surface area contributed by atoms with Crippen molar-refractivity contribution in [2.75, 3.05) is 4.93 Å². The Hall–Kier alpha value is -0.0900. The van der Waals surface area contributed by atoms with Crippen LogP contribution >= 0.6 is 33.9 Å². The van der Waals surface area contributed by atoms with E-state index in [1.165, 1.54) is 10.1 Å². The van der Waals surface area contributed by atoms with Crippen molar-refractivity contribution < 1.29 is 0 Å². The first-order valence-corrected chi connectivity index (χ1v) is 6.30. The molecule has 0 atom stereocenters. The summed E-state index contributed by atoms with van der Waals surface area (Å²) in [6, 6.07) is 10.5. The predicted molar refractivity (Wildman–Crippen MR) is 61.8 cm³/mol. The lowest BCUT2D eigenvalue weighted by atomic mass is 10.3. The summed E-state index contributed by atoms with van der Waals surface area (Å²) in [7, 11) is 0. The van der Waals surface area contributed by atoms with Gasteiger partial charge >= 0.3 is 0 Å². The number of hydrogen-bond donors (Lipinski definition) is 0. The van der Waals surface area contributed by atoms with Crippen molar-refractivity contribution in [3.8, 4) is 0 Å². The number of halogens is 1. The summed E-state index contributed by atoms with van der Waals surface area (Å²) in [6.07, 6.45) is 0. The van der Waals surface area contributed by atoms with E-state index in [1.54, 1.807) is 11.3 Å². The quantitative estimate of drug-likeness (QED) is 0.505. The Bertz CT molecular complexity index is 284. The Morgan fingerprint density at radius 1 is 1.09 bits per heavy atom. The van der Waals surface area contributed by atoms with Gasteiger partial charge in [0.05, 0.1) is 0 Å². The van der Waals surface area contributed by atoms with Gasteiger partial charge in [0.25, 0.3) is 0 Å². The Morgan fingerprint density at radius 2 is 1.82 bits per heavy atom. The van der Waals surface area contributed by atoms with Gasteiger partial charge in [0.2, 0.25) is 0 Å². The van der Waals surface area contributed by atoms with E-state index < -0.39 is 0 Å². The molecule has 2 heteroatoms. The van der Waals surface area contributed by atoms with Gasteiger partial charge in [-0.1, -0.05) is 40.8 Å². The van der Waals surface area contributed by atoms with Crippen molar-refractivity contribution in [3.63, 3.8) is 0 Å². The maximum absolute atomic E-state index is 2.15. The average molecular weight is 276 g/mol. The van der Waals surface area contributed by atoms with Gasteiger partial charge in [-0.15, -0.1) is 11.3 Å². The second kappa shape index (κ2) is 4.72. The van der Waals surface area contributed by atoms with E-state index in [0.29, 0.717) is 0 Å². The van der Waals surface area contributed by atoms with E-state index in [2.05, 4.69) is 58.3 Å². The molecule has 0 saturated heterocycles. The average Bonchev–Trinajstić information content (AvgIpc) is 2.55. The molecule has 0 radical (unpaired) electrons. The third-order valence-electron chi connectivity index (χ3n) is 1.36. The lowest BCUT2D eigenvalue weighted by molar-refractivity contribution is 1.86. The van der Waals surface area contributed by atoms with E-state index in [4.69, 9.17) is 0 Å². The van der Waals surface area contributed by atoms with Crippen LogP contribution in [0.2, 0.25) is 0 Å². The standard InChI is InChI=1S/C8H6S.CH3I/c1-2-4-8-7(3-1)5-6-9-8;1-2/h1-6H;1H3. The molecular weight excluding hydrogens is 267 g/mol. The molecular formula is C9H9IS. The highest BCUT2D eigenvalue weighted by Gasteiger charge is 1.87. The van der Waals surface area contributed by atoms with Crippen LogP contribution in [0.15, 0.2) is 35.7 Å².